The molecule has 106 valence electrons. The van der Waals surface area contributed by atoms with Crippen molar-refractivity contribution in [3.8, 4) is 5.75 Å². The van der Waals surface area contributed by atoms with Crippen molar-refractivity contribution in [1.82, 2.24) is 4.90 Å². The Morgan fingerprint density at radius 3 is 2.68 bits per heavy atom. The van der Waals surface area contributed by atoms with Gasteiger partial charge < -0.3 is 5.11 Å². The predicted octanol–water partition coefficient (Wildman–Crippen LogP) is 1.71. The molecule has 2 rings (SSSR count). The zero-order valence-corrected chi connectivity index (χ0v) is 11.8. The van der Waals surface area contributed by atoms with Gasteiger partial charge in [-0.05, 0) is 26.5 Å². The molecule has 0 amide bonds. The summed E-state index contributed by atoms with van der Waals surface area (Å²) >= 11 is 0. The Morgan fingerprint density at radius 1 is 1.47 bits per heavy atom. The lowest BCUT2D eigenvalue weighted by atomic mass is 10.0. The summed E-state index contributed by atoms with van der Waals surface area (Å²) < 4.78 is 36.8. The molecule has 2 unspecified atom stereocenters. The van der Waals surface area contributed by atoms with Crippen LogP contribution in [0.25, 0.3) is 0 Å². The molecule has 19 heavy (non-hydrogen) atoms. The molecule has 1 aliphatic rings. The molecular formula is C13H18FNO3S. The maximum Gasteiger partial charge on any atom is 0.151 e. The highest BCUT2D eigenvalue weighted by atomic mass is 32.2. The maximum atomic E-state index is 13.8. The van der Waals surface area contributed by atoms with Crippen LogP contribution < -0.4 is 0 Å². The number of rotatable bonds is 3. The largest absolute Gasteiger partial charge is 0.508 e. The first-order valence-electron chi connectivity index (χ1n) is 6.21. The molecule has 1 aromatic carbocycles. The van der Waals surface area contributed by atoms with Crippen LogP contribution in [0.1, 0.15) is 24.9 Å². The predicted molar refractivity (Wildman–Crippen MR) is 71.3 cm³/mol. The summed E-state index contributed by atoms with van der Waals surface area (Å²) in [7, 11) is -1.14. The molecule has 0 aromatic heterocycles. The van der Waals surface area contributed by atoms with Crippen molar-refractivity contribution in [1.29, 1.82) is 0 Å². The molecule has 1 N–H and O–H groups in total. The Labute approximate surface area is 112 Å². The fourth-order valence-electron chi connectivity index (χ4n) is 2.49. The zero-order valence-electron chi connectivity index (χ0n) is 11.0. The van der Waals surface area contributed by atoms with Crippen LogP contribution in [0.15, 0.2) is 18.2 Å². The Hall–Kier alpha value is -1.14. The fraction of sp³-hybridized carbons (Fsp3) is 0.538. The number of aromatic hydroxyl groups is 1. The van der Waals surface area contributed by atoms with Crippen LogP contribution in [-0.4, -0.2) is 43.0 Å². The summed E-state index contributed by atoms with van der Waals surface area (Å²) in [6, 6.07) is 3.74. The Morgan fingerprint density at radius 2 is 2.16 bits per heavy atom. The molecule has 0 aliphatic carbocycles. The first-order valence-corrected chi connectivity index (χ1v) is 8.03. The van der Waals surface area contributed by atoms with E-state index in [-0.39, 0.29) is 29.3 Å². The number of phenols is 1. The second kappa shape index (κ2) is 5.09. The van der Waals surface area contributed by atoms with Crippen molar-refractivity contribution in [2.24, 2.45) is 0 Å². The molecule has 1 aliphatic heterocycles. The van der Waals surface area contributed by atoms with Crippen molar-refractivity contribution in [2.45, 2.75) is 25.4 Å². The minimum Gasteiger partial charge on any atom is -0.508 e. The zero-order chi connectivity index (χ0) is 14.2. The molecule has 0 spiro atoms. The van der Waals surface area contributed by atoms with Crippen molar-refractivity contribution in [2.75, 3.05) is 18.6 Å². The standard InChI is InChI=1S/C13H18FNO3S/c1-9(12-4-3-11(16)7-13(12)14)15(2)10-5-6-19(17,18)8-10/h3-4,7,9-10,16H,5-6,8H2,1-2H3. The number of nitrogens with zero attached hydrogens (tertiary/aromatic N) is 1. The van der Waals surface area contributed by atoms with Gasteiger partial charge in [-0.15, -0.1) is 0 Å². The molecule has 2 atom stereocenters. The van der Waals surface area contributed by atoms with Crippen molar-refractivity contribution < 1.29 is 17.9 Å². The van der Waals surface area contributed by atoms with Gasteiger partial charge >= 0.3 is 0 Å². The van der Waals surface area contributed by atoms with Crippen molar-refractivity contribution >= 4 is 9.84 Å². The summed E-state index contributed by atoms with van der Waals surface area (Å²) in [5.41, 5.74) is 0.463. The van der Waals surface area contributed by atoms with Gasteiger partial charge in [0, 0.05) is 23.7 Å². The molecule has 1 heterocycles. The van der Waals surface area contributed by atoms with Gasteiger partial charge in [-0.1, -0.05) is 6.07 Å². The average molecular weight is 287 g/mol. The number of halogens is 1. The van der Waals surface area contributed by atoms with Crippen LogP contribution >= 0.6 is 0 Å². The first kappa shape index (κ1) is 14.3. The molecule has 0 bridgehead atoms. The highest BCUT2D eigenvalue weighted by Crippen LogP contribution is 2.29. The summed E-state index contributed by atoms with van der Waals surface area (Å²) in [6.45, 7) is 1.83. The third kappa shape index (κ3) is 3.06. The van der Waals surface area contributed by atoms with Crippen LogP contribution in [0.4, 0.5) is 4.39 Å². The molecule has 0 saturated carbocycles. The van der Waals surface area contributed by atoms with E-state index < -0.39 is 15.7 Å². The summed E-state index contributed by atoms with van der Waals surface area (Å²) in [5, 5.41) is 9.21. The number of hydrogen-bond acceptors (Lipinski definition) is 4. The van der Waals surface area contributed by atoms with Crippen LogP contribution in [0, 0.1) is 5.82 Å². The Bertz CT molecular complexity index is 573. The maximum absolute atomic E-state index is 13.8. The summed E-state index contributed by atoms with van der Waals surface area (Å²) in [5.74, 6) is -0.250. The lowest BCUT2D eigenvalue weighted by molar-refractivity contribution is 0.197. The first-order chi connectivity index (χ1) is 8.80. The van der Waals surface area contributed by atoms with Gasteiger partial charge in [-0.3, -0.25) is 4.90 Å². The number of phenolic OH excluding ortho intramolecular Hbond substituents is 1. The van der Waals surface area contributed by atoms with Gasteiger partial charge in [0.2, 0.25) is 0 Å². The lowest BCUT2D eigenvalue weighted by Crippen LogP contribution is -2.35. The van der Waals surface area contributed by atoms with Crippen LogP contribution in [0.3, 0.4) is 0 Å². The molecule has 6 heteroatoms. The van der Waals surface area contributed by atoms with Gasteiger partial charge in [-0.2, -0.15) is 0 Å². The molecule has 1 fully saturated rings. The quantitative estimate of drug-likeness (QED) is 0.919. The van der Waals surface area contributed by atoms with Crippen LogP contribution in [0.2, 0.25) is 0 Å². The SMILES string of the molecule is CC(c1ccc(O)cc1F)N(C)C1CCS(=O)(=O)C1. The number of sulfone groups is 1. The molecule has 1 aromatic rings. The third-order valence-electron chi connectivity index (χ3n) is 3.83. The monoisotopic (exact) mass is 287 g/mol. The fourth-order valence-corrected chi connectivity index (χ4v) is 4.27. The van der Waals surface area contributed by atoms with Crippen molar-refractivity contribution in [3.05, 3.63) is 29.6 Å². The smallest absolute Gasteiger partial charge is 0.151 e. The highest BCUT2D eigenvalue weighted by Gasteiger charge is 2.33. The van der Waals surface area contributed by atoms with E-state index >= 15 is 0 Å². The van der Waals surface area contributed by atoms with E-state index in [0.29, 0.717) is 12.0 Å². The molecule has 4 nitrogen and oxygen atoms in total. The third-order valence-corrected chi connectivity index (χ3v) is 5.58. The van der Waals surface area contributed by atoms with Gasteiger partial charge in [0.1, 0.15) is 11.6 Å². The second-order valence-electron chi connectivity index (χ2n) is 5.10. The normalized spacial score (nSPS) is 23.7. The molecular weight excluding hydrogens is 269 g/mol. The molecule has 1 saturated heterocycles. The van der Waals surface area contributed by atoms with Crippen LogP contribution in [-0.2, 0) is 9.84 Å². The van der Waals surface area contributed by atoms with E-state index in [4.69, 9.17) is 0 Å². The van der Waals surface area contributed by atoms with E-state index in [2.05, 4.69) is 0 Å². The second-order valence-corrected chi connectivity index (χ2v) is 7.33. The number of hydrogen-bond donors (Lipinski definition) is 1. The average Bonchev–Trinajstić information content (AvgIpc) is 2.68. The number of benzene rings is 1. The van der Waals surface area contributed by atoms with Crippen LogP contribution in [0.5, 0.6) is 5.75 Å². The lowest BCUT2D eigenvalue weighted by Gasteiger charge is -2.30. The van der Waals surface area contributed by atoms with E-state index in [9.17, 15) is 17.9 Å². The van der Waals surface area contributed by atoms with Gasteiger partial charge in [0.15, 0.2) is 9.84 Å². The summed E-state index contributed by atoms with van der Waals surface area (Å²) in [6.07, 6.45) is 0.586. The minimum atomic E-state index is -2.95. The molecule has 0 radical (unpaired) electrons. The van der Waals surface area contributed by atoms with Gasteiger partial charge in [0.05, 0.1) is 11.5 Å². The summed E-state index contributed by atoms with van der Waals surface area (Å²) in [4.78, 5) is 1.89. The van der Waals surface area contributed by atoms with E-state index in [0.717, 1.165) is 6.07 Å². The van der Waals surface area contributed by atoms with E-state index in [1.807, 2.05) is 18.9 Å². The van der Waals surface area contributed by atoms with Crippen molar-refractivity contribution in [3.63, 3.8) is 0 Å². The Kier molecular flexibility index (Phi) is 3.82. The van der Waals surface area contributed by atoms with Gasteiger partial charge in [0.25, 0.3) is 0 Å². The topological polar surface area (TPSA) is 57.6 Å². The minimum absolute atomic E-state index is 0.0757. The van der Waals surface area contributed by atoms with E-state index in [1.54, 1.807) is 0 Å². The highest BCUT2D eigenvalue weighted by molar-refractivity contribution is 7.91. The Balaban J connectivity index is 2.17. The van der Waals surface area contributed by atoms with Gasteiger partial charge in [-0.25, -0.2) is 12.8 Å². The van der Waals surface area contributed by atoms with E-state index in [1.165, 1.54) is 12.1 Å².